The van der Waals surface area contributed by atoms with Crippen LogP contribution in [-0.2, 0) is 0 Å². The van der Waals surface area contributed by atoms with Gasteiger partial charge >= 0.3 is 0 Å². The third-order valence-corrected chi connectivity index (χ3v) is 3.71. The van der Waals surface area contributed by atoms with Crippen molar-refractivity contribution in [2.45, 2.75) is 19.9 Å². The summed E-state index contributed by atoms with van der Waals surface area (Å²) in [5.41, 5.74) is 2.05. The van der Waals surface area contributed by atoms with Crippen LogP contribution >= 0.6 is 15.9 Å². The molecule has 0 fully saturated rings. The van der Waals surface area contributed by atoms with Gasteiger partial charge in [0.25, 0.3) is 0 Å². The summed E-state index contributed by atoms with van der Waals surface area (Å²) in [5, 5.41) is 3.21. The van der Waals surface area contributed by atoms with Crippen LogP contribution in [0.2, 0.25) is 0 Å². The third-order valence-electron chi connectivity index (χ3n) is 3.10. The van der Waals surface area contributed by atoms with Crippen LogP contribution in [0, 0.1) is 18.6 Å². The zero-order valence-electron chi connectivity index (χ0n) is 11.4. The van der Waals surface area contributed by atoms with Crippen LogP contribution in [0.5, 0.6) is 0 Å². The van der Waals surface area contributed by atoms with Crippen LogP contribution in [0.25, 0.3) is 0 Å². The second-order valence-electron chi connectivity index (χ2n) is 4.70. The Hall–Kier alpha value is -1.26. The smallest absolute Gasteiger partial charge is 0.142 e. The van der Waals surface area contributed by atoms with Gasteiger partial charge in [0.1, 0.15) is 11.6 Å². The Kier molecular flexibility index (Phi) is 4.89. The molecule has 0 aliphatic carbocycles. The maximum absolute atomic E-state index is 14.3. The van der Waals surface area contributed by atoms with E-state index in [0.29, 0.717) is 16.6 Å². The van der Waals surface area contributed by atoms with Gasteiger partial charge in [-0.15, -0.1) is 0 Å². The molecule has 1 nitrogen and oxygen atoms in total. The first-order valence-electron chi connectivity index (χ1n) is 6.47. The summed E-state index contributed by atoms with van der Waals surface area (Å²) in [7, 11) is 0. The third kappa shape index (κ3) is 3.25. The van der Waals surface area contributed by atoms with Crippen LogP contribution < -0.4 is 5.32 Å². The average Bonchev–Trinajstić information content (AvgIpc) is 2.38. The second-order valence-corrected chi connectivity index (χ2v) is 5.55. The van der Waals surface area contributed by atoms with Crippen molar-refractivity contribution in [3.05, 3.63) is 69.2 Å². The highest BCUT2D eigenvalue weighted by Crippen LogP contribution is 2.29. The molecule has 0 heterocycles. The molecule has 0 saturated carbocycles. The fraction of sp³-hybridized carbons (Fsp3) is 0.250. The van der Waals surface area contributed by atoms with Gasteiger partial charge in [-0.1, -0.05) is 25.1 Å². The van der Waals surface area contributed by atoms with Crippen LogP contribution in [0.15, 0.2) is 40.9 Å². The maximum Gasteiger partial charge on any atom is 0.142 e. The van der Waals surface area contributed by atoms with Crippen molar-refractivity contribution < 1.29 is 8.78 Å². The number of halogens is 3. The van der Waals surface area contributed by atoms with Crippen molar-refractivity contribution in [1.29, 1.82) is 0 Å². The lowest BCUT2D eigenvalue weighted by Gasteiger charge is -2.20. The monoisotopic (exact) mass is 339 g/mol. The molecule has 0 amide bonds. The molecule has 0 aliphatic rings. The lowest BCUT2D eigenvalue weighted by molar-refractivity contribution is 0.550. The lowest BCUT2D eigenvalue weighted by Crippen LogP contribution is -2.23. The lowest BCUT2D eigenvalue weighted by atomic mass is 9.96. The van der Waals surface area contributed by atoms with E-state index >= 15 is 0 Å². The predicted octanol–water partition coefficient (Wildman–Crippen LogP) is 4.73. The summed E-state index contributed by atoms with van der Waals surface area (Å²) in [5.74, 6) is -0.626. The van der Waals surface area contributed by atoms with E-state index in [2.05, 4.69) is 21.2 Å². The number of hydrogen-bond acceptors (Lipinski definition) is 1. The molecule has 0 bridgehead atoms. The molecule has 0 spiro atoms. The van der Waals surface area contributed by atoms with Crippen molar-refractivity contribution in [2.75, 3.05) is 6.54 Å². The number of hydrogen-bond donors (Lipinski definition) is 1. The summed E-state index contributed by atoms with van der Waals surface area (Å²) < 4.78 is 28.3. The zero-order valence-corrected chi connectivity index (χ0v) is 13.0. The molecular formula is C16H16BrF2N. The molecule has 1 N–H and O–H groups in total. The zero-order chi connectivity index (χ0) is 14.7. The first kappa shape index (κ1) is 15.1. The highest BCUT2D eigenvalue weighted by molar-refractivity contribution is 9.10. The van der Waals surface area contributed by atoms with Crippen LogP contribution in [0.3, 0.4) is 0 Å². The van der Waals surface area contributed by atoms with E-state index in [4.69, 9.17) is 0 Å². The number of nitrogens with one attached hydrogen (secondary N) is 1. The van der Waals surface area contributed by atoms with Crippen molar-refractivity contribution in [3.8, 4) is 0 Å². The Morgan fingerprint density at radius 3 is 2.60 bits per heavy atom. The quantitative estimate of drug-likeness (QED) is 0.848. The largest absolute Gasteiger partial charge is 0.306 e. The van der Waals surface area contributed by atoms with E-state index in [0.717, 1.165) is 11.1 Å². The van der Waals surface area contributed by atoms with Gasteiger partial charge in [0.15, 0.2) is 0 Å². The van der Waals surface area contributed by atoms with Gasteiger partial charge in [0.2, 0.25) is 0 Å². The SMILES string of the molecule is CCNC(c1cc(C)cc(F)c1)c1cccc(Br)c1F. The van der Waals surface area contributed by atoms with E-state index in [1.807, 2.05) is 19.9 Å². The normalized spacial score (nSPS) is 12.4. The van der Waals surface area contributed by atoms with Gasteiger partial charge in [-0.05, 0) is 58.7 Å². The molecule has 4 heteroatoms. The van der Waals surface area contributed by atoms with Crippen LogP contribution in [-0.4, -0.2) is 6.54 Å². The molecule has 0 saturated heterocycles. The summed E-state index contributed by atoms with van der Waals surface area (Å²) in [6.45, 7) is 4.42. The fourth-order valence-electron chi connectivity index (χ4n) is 2.29. The molecule has 2 aromatic carbocycles. The molecule has 0 aliphatic heterocycles. The molecule has 1 atom stereocenters. The Labute approximate surface area is 126 Å². The molecule has 2 rings (SSSR count). The summed E-state index contributed by atoms with van der Waals surface area (Å²) in [4.78, 5) is 0. The number of rotatable bonds is 4. The summed E-state index contributed by atoms with van der Waals surface area (Å²) in [6, 6.07) is 9.55. The standard InChI is InChI=1S/C16H16BrF2N/c1-3-20-16(11-7-10(2)8-12(18)9-11)13-5-4-6-14(17)15(13)19/h4-9,16,20H,3H2,1-2H3. The van der Waals surface area contributed by atoms with E-state index in [-0.39, 0.29) is 17.7 Å². The first-order chi connectivity index (χ1) is 9.52. The fourth-order valence-corrected chi connectivity index (χ4v) is 2.67. The molecule has 2 aromatic rings. The molecule has 1 unspecified atom stereocenters. The van der Waals surface area contributed by atoms with Gasteiger partial charge in [0.05, 0.1) is 10.5 Å². The Balaban J connectivity index is 2.53. The Morgan fingerprint density at radius 2 is 1.95 bits per heavy atom. The minimum Gasteiger partial charge on any atom is -0.306 e. The van der Waals surface area contributed by atoms with Gasteiger partial charge < -0.3 is 5.32 Å². The predicted molar refractivity (Wildman–Crippen MR) is 80.8 cm³/mol. The van der Waals surface area contributed by atoms with E-state index < -0.39 is 0 Å². The topological polar surface area (TPSA) is 12.0 Å². The van der Waals surface area contributed by atoms with Gasteiger partial charge in [-0.25, -0.2) is 8.78 Å². The summed E-state index contributed by atoms with van der Waals surface area (Å²) >= 11 is 3.19. The van der Waals surface area contributed by atoms with Crippen molar-refractivity contribution >= 4 is 15.9 Å². The van der Waals surface area contributed by atoms with Gasteiger partial charge in [-0.3, -0.25) is 0 Å². The van der Waals surface area contributed by atoms with Crippen LogP contribution in [0.1, 0.15) is 29.7 Å². The minimum absolute atomic E-state index is 0.307. The van der Waals surface area contributed by atoms with Crippen LogP contribution in [0.4, 0.5) is 8.78 Å². The van der Waals surface area contributed by atoms with Crippen molar-refractivity contribution in [1.82, 2.24) is 5.32 Å². The average molecular weight is 340 g/mol. The molecular weight excluding hydrogens is 324 g/mol. The van der Waals surface area contributed by atoms with Crippen molar-refractivity contribution in [3.63, 3.8) is 0 Å². The molecule has 0 radical (unpaired) electrons. The van der Waals surface area contributed by atoms with E-state index in [9.17, 15) is 8.78 Å². The molecule has 106 valence electrons. The van der Waals surface area contributed by atoms with Gasteiger partial charge in [0, 0.05) is 5.56 Å². The van der Waals surface area contributed by atoms with E-state index in [1.54, 1.807) is 18.2 Å². The van der Waals surface area contributed by atoms with E-state index in [1.165, 1.54) is 12.1 Å². The Bertz CT molecular complexity index is 593. The Morgan fingerprint density at radius 1 is 1.20 bits per heavy atom. The second kappa shape index (κ2) is 6.46. The van der Waals surface area contributed by atoms with Crippen molar-refractivity contribution in [2.24, 2.45) is 0 Å². The highest BCUT2D eigenvalue weighted by atomic mass is 79.9. The maximum atomic E-state index is 14.3. The molecule has 20 heavy (non-hydrogen) atoms. The molecule has 0 aromatic heterocycles. The number of benzene rings is 2. The summed E-state index contributed by atoms with van der Waals surface area (Å²) in [6.07, 6.45) is 0. The van der Waals surface area contributed by atoms with Gasteiger partial charge in [-0.2, -0.15) is 0 Å². The minimum atomic E-state index is -0.369. The first-order valence-corrected chi connectivity index (χ1v) is 7.26. The number of aryl methyl sites for hydroxylation is 1. The highest BCUT2D eigenvalue weighted by Gasteiger charge is 2.19.